The summed E-state index contributed by atoms with van der Waals surface area (Å²) in [6.45, 7) is 5.61. The molecule has 1 amide bonds. The molecule has 26 heavy (non-hydrogen) atoms. The normalized spacial score (nSPS) is 16.8. The fourth-order valence-corrected chi connectivity index (χ4v) is 3.74. The lowest BCUT2D eigenvalue weighted by atomic mass is 9.94. The average molecular weight is 346 g/mol. The van der Waals surface area contributed by atoms with Crippen molar-refractivity contribution in [2.75, 3.05) is 13.1 Å². The minimum atomic E-state index is 0.0563. The zero-order valence-corrected chi connectivity index (χ0v) is 15.1. The van der Waals surface area contributed by atoms with E-state index in [0.717, 1.165) is 31.0 Å². The maximum atomic E-state index is 13.0. The summed E-state index contributed by atoms with van der Waals surface area (Å²) in [5.74, 6) is 1.19. The maximum absolute atomic E-state index is 13.0. The van der Waals surface area contributed by atoms with Gasteiger partial charge in [-0.1, -0.05) is 30.3 Å². The molecule has 2 aromatic heterocycles. The number of aryl methyl sites for hydroxylation is 1. The Morgan fingerprint density at radius 2 is 1.92 bits per heavy atom. The molecule has 1 atom stereocenters. The second kappa shape index (κ2) is 6.75. The highest BCUT2D eigenvalue weighted by molar-refractivity contribution is 5.95. The number of likely N-dealkylation sites (tertiary alicyclic amines) is 1. The molecule has 1 aromatic carbocycles. The largest absolute Gasteiger partial charge is 0.338 e. The highest BCUT2D eigenvalue weighted by atomic mass is 16.2. The number of rotatable bonds is 3. The van der Waals surface area contributed by atoms with Crippen molar-refractivity contribution in [3.63, 3.8) is 0 Å². The Kier molecular flexibility index (Phi) is 4.29. The molecule has 0 N–H and O–H groups in total. The van der Waals surface area contributed by atoms with Crippen LogP contribution in [0.25, 0.3) is 5.82 Å². The third kappa shape index (κ3) is 2.90. The Bertz CT molecular complexity index is 932. The van der Waals surface area contributed by atoms with Gasteiger partial charge in [0, 0.05) is 25.2 Å². The standard InChI is InChI=1S/C21H22N4O/c1-15-7-3-4-8-18(15)17-10-12-24(14-17)21(26)19-13-23-25(16(19)2)20-9-5-6-11-22-20/h3-9,11,13,17H,10,12,14H2,1-2H3. The zero-order valence-electron chi connectivity index (χ0n) is 15.1. The van der Waals surface area contributed by atoms with Gasteiger partial charge < -0.3 is 4.90 Å². The second-order valence-electron chi connectivity index (χ2n) is 6.84. The summed E-state index contributed by atoms with van der Waals surface area (Å²) in [5.41, 5.74) is 4.13. The van der Waals surface area contributed by atoms with Crippen molar-refractivity contribution in [1.29, 1.82) is 0 Å². The van der Waals surface area contributed by atoms with Crippen LogP contribution in [0.5, 0.6) is 0 Å². The highest BCUT2D eigenvalue weighted by Gasteiger charge is 2.30. The third-order valence-electron chi connectivity index (χ3n) is 5.21. The number of benzene rings is 1. The fourth-order valence-electron chi connectivity index (χ4n) is 3.74. The zero-order chi connectivity index (χ0) is 18.1. The van der Waals surface area contributed by atoms with E-state index in [1.54, 1.807) is 17.1 Å². The number of amides is 1. The van der Waals surface area contributed by atoms with Crippen LogP contribution < -0.4 is 0 Å². The number of nitrogens with zero attached hydrogens (tertiary/aromatic N) is 4. The molecule has 0 radical (unpaired) electrons. The molecule has 4 rings (SSSR count). The van der Waals surface area contributed by atoms with Gasteiger partial charge in [0.25, 0.3) is 5.91 Å². The Labute approximate surface area is 153 Å². The lowest BCUT2D eigenvalue weighted by molar-refractivity contribution is 0.0790. The SMILES string of the molecule is Cc1ccccc1C1CCN(C(=O)c2cnn(-c3ccccn3)c2C)C1. The smallest absolute Gasteiger partial charge is 0.257 e. The van der Waals surface area contributed by atoms with Crippen LogP contribution >= 0.6 is 0 Å². The van der Waals surface area contributed by atoms with E-state index >= 15 is 0 Å². The first-order valence-electron chi connectivity index (χ1n) is 8.96. The van der Waals surface area contributed by atoms with E-state index < -0.39 is 0 Å². The van der Waals surface area contributed by atoms with Crippen molar-refractivity contribution in [2.24, 2.45) is 0 Å². The summed E-state index contributed by atoms with van der Waals surface area (Å²) in [5, 5.41) is 4.38. The lowest BCUT2D eigenvalue weighted by Gasteiger charge is -2.17. The third-order valence-corrected chi connectivity index (χ3v) is 5.21. The van der Waals surface area contributed by atoms with Crippen LogP contribution in [0, 0.1) is 13.8 Å². The summed E-state index contributed by atoms with van der Waals surface area (Å²) in [7, 11) is 0. The molecule has 3 heterocycles. The first kappa shape index (κ1) is 16.5. The molecule has 0 spiro atoms. The van der Waals surface area contributed by atoms with Gasteiger partial charge in [-0.05, 0) is 43.5 Å². The molecule has 5 heteroatoms. The number of hydrogen-bond acceptors (Lipinski definition) is 3. The van der Waals surface area contributed by atoms with Crippen LogP contribution in [0.3, 0.4) is 0 Å². The Hall–Kier alpha value is -2.95. The van der Waals surface area contributed by atoms with E-state index in [9.17, 15) is 4.79 Å². The number of hydrogen-bond donors (Lipinski definition) is 0. The van der Waals surface area contributed by atoms with Crippen LogP contribution in [0.2, 0.25) is 0 Å². The van der Waals surface area contributed by atoms with Crippen molar-refractivity contribution in [3.8, 4) is 5.82 Å². The molecule has 1 aliphatic heterocycles. The van der Waals surface area contributed by atoms with Crippen molar-refractivity contribution in [1.82, 2.24) is 19.7 Å². The number of aromatic nitrogens is 3. The minimum absolute atomic E-state index is 0.0563. The quantitative estimate of drug-likeness (QED) is 0.729. The van der Waals surface area contributed by atoms with E-state index in [4.69, 9.17) is 0 Å². The molecule has 5 nitrogen and oxygen atoms in total. The van der Waals surface area contributed by atoms with Crippen LogP contribution in [0.4, 0.5) is 0 Å². The van der Waals surface area contributed by atoms with Crippen LogP contribution in [0.1, 0.15) is 39.5 Å². The van der Waals surface area contributed by atoms with E-state index in [1.807, 2.05) is 30.0 Å². The molecule has 132 valence electrons. The van der Waals surface area contributed by atoms with Crippen LogP contribution in [-0.2, 0) is 0 Å². The van der Waals surface area contributed by atoms with Crippen molar-refractivity contribution in [3.05, 3.63) is 77.2 Å². The number of carbonyl (C=O) groups excluding carboxylic acids is 1. The van der Waals surface area contributed by atoms with Gasteiger partial charge in [-0.2, -0.15) is 5.10 Å². The van der Waals surface area contributed by atoms with Gasteiger partial charge in [-0.25, -0.2) is 9.67 Å². The van der Waals surface area contributed by atoms with E-state index in [1.165, 1.54) is 11.1 Å². The maximum Gasteiger partial charge on any atom is 0.257 e. The monoisotopic (exact) mass is 346 g/mol. The van der Waals surface area contributed by atoms with Gasteiger partial charge in [0.05, 0.1) is 17.5 Å². The topological polar surface area (TPSA) is 51.0 Å². The van der Waals surface area contributed by atoms with Crippen LogP contribution in [-0.4, -0.2) is 38.7 Å². The molecule has 0 aliphatic carbocycles. The molecule has 0 bridgehead atoms. The van der Waals surface area contributed by atoms with Gasteiger partial charge in [-0.15, -0.1) is 0 Å². The Morgan fingerprint density at radius 1 is 1.12 bits per heavy atom. The summed E-state index contributed by atoms with van der Waals surface area (Å²) < 4.78 is 1.72. The Balaban J connectivity index is 1.54. The minimum Gasteiger partial charge on any atom is -0.338 e. The van der Waals surface area contributed by atoms with Gasteiger partial charge >= 0.3 is 0 Å². The molecular weight excluding hydrogens is 324 g/mol. The second-order valence-corrected chi connectivity index (χ2v) is 6.84. The summed E-state index contributed by atoms with van der Waals surface area (Å²) in [6, 6.07) is 14.1. The van der Waals surface area contributed by atoms with E-state index in [-0.39, 0.29) is 5.91 Å². The van der Waals surface area contributed by atoms with Crippen molar-refractivity contribution in [2.45, 2.75) is 26.2 Å². The lowest BCUT2D eigenvalue weighted by Crippen LogP contribution is -2.29. The molecule has 1 aliphatic rings. The average Bonchev–Trinajstić information content (AvgIpc) is 3.29. The first-order chi connectivity index (χ1) is 12.6. The van der Waals surface area contributed by atoms with E-state index in [2.05, 4.69) is 41.3 Å². The summed E-state index contributed by atoms with van der Waals surface area (Å²) in [6.07, 6.45) is 4.39. The molecule has 1 saturated heterocycles. The number of carbonyl (C=O) groups is 1. The van der Waals surface area contributed by atoms with Crippen molar-refractivity contribution >= 4 is 5.91 Å². The molecule has 0 saturated carbocycles. The molecule has 3 aromatic rings. The van der Waals surface area contributed by atoms with E-state index in [0.29, 0.717) is 11.5 Å². The van der Waals surface area contributed by atoms with Crippen molar-refractivity contribution < 1.29 is 4.79 Å². The van der Waals surface area contributed by atoms with Gasteiger partial charge in [0.2, 0.25) is 0 Å². The first-order valence-corrected chi connectivity index (χ1v) is 8.96. The van der Waals surface area contributed by atoms with Crippen LogP contribution in [0.15, 0.2) is 54.9 Å². The highest BCUT2D eigenvalue weighted by Crippen LogP contribution is 2.30. The predicted molar refractivity (Wildman–Crippen MR) is 101 cm³/mol. The number of pyridine rings is 1. The van der Waals surface area contributed by atoms with Gasteiger partial charge in [0.15, 0.2) is 5.82 Å². The van der Waals surface area contributed by atoms with Gasteiger partial charge in [0.1, 0.15) is 0 Å². The fraction of sp³-hybridized carbons (Fsp3) is 0.286. The molecule has 1 unspecified atom stereocenters. The molecular formula is C21H22N4O. The summed E-state index contributed by atoms with van der Waals surface area (Å²) >= 11 is 0. The molecule has 1 fully saturated rings. The summed E-state index contributed by atoms with van der Waals surface area (Å²) in [4.78, 5) is 19.3. The van der Waals surface area contributed by atoms with Gasteiger partial charge in [-0.3, -0.25) is 4.79 Å². The Morgan fingerprint density at radius 3 is 2.69 bits per heavy atom. The predicted octanol–water partition coefficient (Wildman–Crippen LogP) is 3.51.